The molecule has 2 aromatic carbocycles. The summed E-state index contributed by atoms with van der Waals surface area (Å²) in [6.45, 7) is 1.75. The first-order chi connectivity index (χ1) is 10.9. The lowest BCUT2D eigenvalue weighted by atomic mass is 10.1. The fourth-order valence-electron chi connectivity index (χ4n) is 1.91. The Morgan fingerprint density at radius 1 is 1.04 bits per heavy atom. The number of benzene rings is 2. The predicted octanol–water partition coefficient (Wildman–Crippen LogP) is 2.57. The minimum Gasteiger partial charge on any atom is -0.292 e. The molecule has 0 radical (unpaired) electrons. The molecule has 2 rings (SSSR count). The van der Waals surface area contributed by atoms with Crippen LogP contribution >= 0.6 is 0 Å². The van der Waals surface area contributed by atoms with E-state index in [9.17, 15) is 25.0 Å². The number of nitro groups is 2. The number of non-ortho nitro benzene ring substituents is 1. The Balaban J connectivity index is 2.20. The molecule has 9 nitrogen and oxygen atoms in total. The van der Waals surface area contributed by atoms with Crippen LogP contribution in [0.1, 0.15) is 15.9 Å². The van der Waals surface area contributed by atoms with E-state index in [0.29, 0.717) is 5.56 Å². The number of carbonyl (C=O) groups excluding carboxylic acids is 1. The molecule has 0 spiro atoms. The number of anilines is 1. The number of nitrogens with one attached hydrogen (secondary N) is 2. The molecule has 1 amide bonds. The van der Waals surface area contributed by atoms with Crippen LogP contribution in [0.4, 0.5) is 17.1 Å². The highest BCUT2D eigenvalue weighted by molar-refractivity contribution is 5.96. The number of aryl methyl sites for hydroxylation is 1. The van der Waals surface area contributed by atoms with Crippen molar-refractivity contribution >= 4 is 23.0 Å². The summed E-state index contributed by atoms with van der Waals surface area (Å²) in [5.41, 5.74) is 4.93. The van der Waals surface area contributed by atoms with Gasteiger partial charge in [0.15, 0.2) is 0 Å². The number of carbonyl (C=O) groups is 1. The molecule has 0 aliphatic heterocycles. The minimum absolute atomic E-state index is 0.0532. The Morgan fingerprint density at radius 3 is 2.35 bits per heavy atom. The van der Waals surface area contributed by atoms with Crippen LogP contribution in [0.25, 0.3) is 0 Å². The number of nitro benzene ring substituents is 2. The summed E-state index contributed by atoms with van der Waals surface area (Å²) in [7, 11) is 0. The van der Waals surface area contributed by atoms with E-state index < -0.39 is 27.1 Å². The lowest BCUT2D eigenvalue weighted by Gasteiger charge is -2.10. The molecule has 0 aliphatic carbocycles. The average molecular weight is 316 g/mol. The van der Waals surface area contributed by atoms with E-state index >= 15 is 0 Å². The number of hydrazine groups is 1. The molecule has 23 heavy (non-hydrogen) atoms. The molecule has 0 saturated heterocycles. The van der Waals surface area contributed by atoms with Gasteiger partial charge in [-0.3, -0.25) is 35.9 Å². The molecular formula is C14H12N4O5. The van der Waals surface area contributed by atoms with E-state index in [-0.39, 0.29) is 5.69 Å². The van der Waals surface area contributed by atoms with Crippen molar-refractivity contribution in [2.45, 2.75) is 6.92 Å². The van der Waals surface area contributed by atoms with Crippen LogP contribution in [0.15, 0.2) is 42.5 Å². The van der Waals surface area contributed by atoms with Crippen molar-refractivity contribution in [3.63, 3.8) is 0 Å². The molecule has 0 unspecified atom stereocenters. The monoisotopic (exact) mass is 316 g/mol. The normalized spacial score (nSPS) is 9.96. The number of rotatable bonds is 5. The van der Waals surface area contributed by atoms with Crippen LogP contribution in [-0.4, -0.2) is 15.8 Å². The molecule has 0 heterocycles. The van der Waals surface area contributed by atoms with Gasteiger partial charge < -0.3 is 0 Å². The molecule has 0 fully saturated rings. The molecule has 0 bridgehead atoms. The fraction of sp³-hybridized carbons (Fsp3) is 0.0714. The molecule has 9 heteroatoms. The maximum absolute atomic E-state index is 12.0. The smallest absolute Gasteiger partial charge is 0.292 e. The molecule has 118 valence electrons. The molecule has 0 saturated carbocycles. The molecule has 2 aromatic rings. The largest absolute Gasteiger partial charge is 0.300 e. The number of nitrogens with zero attached hydrogens (tertiary/aromatic N) is 2. The third-order valence-electron chi connectivity index (χ3n) is 3.09. The predicted molar refractivity (Wildman–Crippen MR) is 82.0 cm³/mol. The Hall–Kier alpha value is -3.49. The quantitative estimate of drug-likeness (QED) is 0.644. The number of amides is 1. The van der Waals surface area contributed by atoms with Crippen LogP contribution < -0.4 is 10.9 Å². The van der Waals surface area contributed by atoms with Gasteiger partial charge in [0.25, 0.3) is 11.6 Å². The SMILES string of the molecule is Cc1ccccc1C(=O)NNc1ccc([N+](=O)[O-])cc1[N+](=O)[O-]. The standard InChI is InChI=1S/C14H12N4O5/c1-9-4-2-3-5-11(9)14(19)16-15-12-7-6-10(17(20)21)8-13(12)18(22)23/h2-8,15H,1H3,(H,16,19). The van der Waals surface area contributed by atoms with Gasteiger partial charge in [-0.2, -0.15) is 0 Å². The number of hydrogen-bond acceptors (Lipinski definition) is 6. The Morgan fingerprint density at radius 2 is 1.74 bits per heavy atom. The third kappa shape index (κ3) is 3.59. The van der Waals surface area contributed by atoms with E-state index in [1.54, 1.807) is 31.2 Å². The summed E-state index contributed by atoms with van der Waals surface area (Å²) < 4.78 is 0. The van der Waals surface area contributed by atoms with Crippen LogP contribution in [0.2, 0.25) is 0 Å². The summed E-state index contributed by atoms with van der Waals surface area (Å²) in [6, 6.07) is 9.92. The second kappa shape index (κ2) is 6.52. The van der Waals surface area contributed by atoms with Gasteiger partial charge in [0.05, 0.1) is 15.9 Å². The summed E-state index contributed by atoms with van der Waals surface area (Å²) >= 11 is 0. The molecule has 2 N–H and O–H groups in total. The zero-order chi connectivity index (χ0) is 17.0. The van der Waals surface area contributed by atoms with Crippen molar-refractivity contribution in [1.29, 1.82) is 0 Å². The van der Waals surface area contributed by atoms with Crippen molar-refractivity contribution < 1.29 is 14.6 Å². The fourth-order valence-corrected chi connectivity index (χ4v) is 1.91. The topological polar surface area (TPSA) is 127 Å². The first kappa shape index (κ1) is 15.9. The highest BCUT2D eigenvalue weighted by atomic mass is 16.6. The van der Waals surface area contributed by atoms with Gasteiger partial charge in [0, 0.05) is 11.6 Å². The second-order valence-electron chi connectivity index (χ2n) is 4.61. The summed E-state index contributed by atoms with van der Waals surface area (Å²) in [6.07, 6.45) is 0. The van der Waals surface area contributed by atoms with Crippen molar-refractivity contribution in [2.75, 3.05) is 5.43 Å². The van der Waals surface area contributed by atoms with Crippen LogP contribution in [-0.2, 0) is 0 Å². The summed E-state index contributed by atoms with van der Waals surface area (Å²) in [4.78, 5) is 32.2. The van der Waals surface area contributed by atoms with Crippen molar-refractivity contribution in [1.82, 2.24) is 5.43 Å². The highest BCUT2D eigenvalue weighted by Crippen LogP contribution is 2.28. The first-order valence-electron chi connectivity index (χ1n) is 6.45. The Kier molecular flexibility index (Phi) is 4.50. The van der Waals surface area contributed by atoms with E-state index in [2.05, 4.69) is 10.9 Å². The van der Waals surface area contributed by atoms with E-state index in [4.69, 9.17) is 0 Å². The summed E-state index contributed by atoms with van der Waals surface area (Å²) in [5.74, 6) is -0.476. The number of hydrogen-bond donors (Lipinski definition) is 2. The van der Waals surface area contributed by atoms with Crippen molar-refractivity contribution in [3.8, 4) is 0 Å². The van der Waals surface area contributed by atoms with Crippen LogP contribution in [0, 0.1) is 27.2 Å². The van der Waals surface area contributed by atoms with Gasteiger partial charge in [-0.05, 0) is 24.6 Å². The third-order valence-corrected chi connectivity index (χ3v) is 3.09. The van der Waals surface area contributed by atoms with E-state index in [1.165, 1.54) is 0 Å². The minimum atomic E-state index is -0.769. The Bertz CT molecular complexity index is 790. The van der Waals surface area contributed by atoms with E-state index in [1.807, 2.05) is 0 Å². The van der Waals surface area contributed by atoms with Gasteiger partial charge >= 0.3 is 5.69 Å². The molecular weight excluding hydrogens is 304 g/mol. The zero-order valence-corrected chi connectivity index (χ0v) is 12.0. The molecule has 0 atom stereocenters. The summed E-state index contributed by atoms with van der Waals surface area (Å²) in [5, 5.41) is 21.7. The van der Waals surface area contributed by atoms with Gasteiger partial charge in [0.2, 0.25) is 0 Å². The Labute approximate surface area is 130 Å². The van der Waals surface area contributed by atoms with Gasteiger partial charge in [-0.1, -0.05) is 18.2 Å². The second-order valence-corrected chi connectivity index (χ2v) is 4.61. The highest BCUT2D eigenvalue weighted by Gasteiger charge is 2.20. The first-order valence-corrected chi connectivity index (χ1v) is 6.45. The van der Waals surface area contributed by atoms with Gasteiger partial charge in [-0.15, -0.1) is 0 Å². The van der Waals surface area contributed by atoms with Gasteiger partial charge in [-0.25, -0.2) is 0 Å². The van der Waals surface area contributed by atoms with Gasteiger partial charge in [0.1, 0.15) is 5.69 Å². The molecule has 0 aromatic heterocycles. The van der Waals surface area contributed by atoms with Crippen molar-refractivity contribution in [2.24, 2.45) is 0 Å². The lowest BCUT2D eigenvalue weighted by molar-refractivity contribution is -0.393. The van der Waals surface area contributed by atoms with Crippen molar-refractivity contribution in [3.05, 3.63) is 73.8 Å². The lowest BCUT2D eigenvalue weighted by Crippen LogP contribution is -2.30. The maximum Gasteiger partial charge on any atom is 0.300 e. The van der Waals surface area contributed by atoms with E-state index in [0.717, 1.165) is 23.8 Å². The van der Waals surface area contributed by atoms with Crippen LogP contribution in [0.5, 0.6) is 0 Å². The maximum atomic E-state index is 12.0. The zero-order valence-electron chi connectivity index (χ0n) is 12.0. The molecule has 0 aliphatic rings. The van der Waals surface area contributed by atoms with Crippen LogP contribution in [0.3, 0.4) is 0 Å². The average Bonchev–Trinajstić information content (AvgIpc) is 2.52.